The molecule has 4 nitrogen and oxygen atoms in total. The van der Waals surface area contributed by atoms with Crippen LogP contribution in [0.15, 0.2) is 53.3 Å². The standard InChI is InChI=1S/C17H16ClN3O/c1-11(19-2)16-20-14-9-5-3-7-12(14)17(22)21(16)15-10-6-4-8-13(15)18/h3-11,19H,1-2H3/p+1/t11-/m0/s1. The van der Waals surface area contributed by atoms with Crippen LogP contribution in [0.25, 0.3) is 16.6 Å². The second-order valence-corrected chi connectivity index (χ2v) is 5.61. The van der Waals surface area contributed by atoms with E-state index in [0.29, 0.717) is 27.4 Å². The second-order valence-electron chi connectivity index (χ2n) is 5.20. The van der Waals surface area contributed by atoms with Gasteiger partial charge in [0.1, 0.15) is 6.04 Å². The maximum atomic E-state index is 13.0. The van der Waals surface area contributed by atoms with Crippen LogP contribution in [0.3, 0.4) is 0 Å². The first-order valence-electron chi connectivity index (χ1n) is 7.19. The van der Waals surface area contributed by atoms with Gasteiger partial charge in [-0.15, -0.1) is 0 Å². The van der Waals surface area contributed by atoms with Gasteiger partial charge in [0.25, 0.3) is 5.56 Å². The molecule has 0 aliphatic rings. The van der Waals surface area contributed by atoms with Gasteiger partial charge in [0.2, 0.25) is 0 Å². The topological polar surface area (TPSA) is 51.5 Å². The molecule has 0 bridgehead atoms. The highest BCUT2D eigenvalue weighted by molar-refractivity contribution is 6.32. The molecule has 2 aromatic carbocycles. The Bertz CT molecular complexity index is 888. The van der Waals surface area contributed by atoms with Gasteiger partial charge in [-0.3, -0.25) is 9.36 Å². The Morgan fingerprint density at radius 1 is 1.14 bits per heavy atom. The van der Waals surface area contributed by atoms with Gasteiger partial charge < -0.3 is 5.32 Å². The molecule has 0 saturated heterocycles. The van der Waals surface area contributed by atoms with Crippen LogP contribution in [0.4, 0.5) is 0 Å². The summed E-state index contributed by atoms with van der Waals surface area (Å²) in [5.74, 6) is 0.694. The molecule has 0 unspecified atom stereocenters. The maximum absolute atomic E-state index is 13.0. The summed E-state index contributed by atoms with van der Waals surface area (Å²) in [6.45, 7) is 2.02. The van der Waals surface area contributed by atoms with Crippen molar-refractivity contribution in [1.29, 1.82) is 0 Å². The van der Waals surface area contributed by atoms with Crippen molar-refractivity contribution in [3.63, 3.8) is 0 Å². The Hall–Kier alpha value is -2.17. The minimum atomic E-state index is -0.0950. The summed E-state index contributed by atoms with van der Waals surface area (Å²) in [5.41, 5.74) is 1.28. The Labute approximate surface area is 133 Å². The fourth-order valence-corrected chi connectivity index (χ4v) is 2.69. The summed E-state index contributed by atoms with van der Waals surface area (Å²) in [6.07, 6.45) is 0. The Kier molecular flexibility index (Phi) is 3.96. The molecule has 5 heteroatoms. The fourth-order valence-electron chi connectivity index (χ4n) is 2.47. The van der Waals surface area contributed by atoms with E-state index in [2.05, 4.69) is 0 Å². The smallest absolute Gasteiger partial charge is 0.266 e. The number of fused-ring (bicyclic) bond motifs is 1. The molecule has 112 valence electrons. The van der Waals surface area contributed by atoms with Gasteiger partial charge in [0.15, 0.2) is 5.82 Å². The third-order valence-electron chi connectivity index (χ3n) is 3.80. The number of halogens is 1. The summed E-state index contributed by atoms with van der Waals surface area (Å²) in [7, 11) is 1.96. The van der Waals surface area contributed by atoms with Gasteiger partial charge in [-0.25, -0.2) is 4.98 Å². The lowest BCUT2D eigenvalue weighted by Crippen LogP contribution is -2.80. The van der Waals surface area contributed by atoms with E-state index >= 15 is 0 Å². The molecule has 0 spiro atoms. The molecule has 3 rings (SSSR count). The molecule has 1 heterocycles. The minimum absolute atomic E-state index is 0.0357. The zero-order chi connectivity index (χ0) is 15.7. The van der Waals surface area contributed by atoms with Crippen LogP contribution in [0.5, 0.6) is 0 Å². The Balaban J connectivity index is 2.43. The monoisotopic (exact) mass is 314 g/mol. The first-order chi connectivity index (χ1) is 10.6. The molecule has 1 aromatic heterocycles. The third-order valence-corrected chi connectivity index (χ3v) is 4.12. The normalized spacial score (nSPS) is 12.5. The van der Waals surface area contributed by atoms with Crippen molar-refractivity contribution in [3.8, 4) is 5.69 Å². The molecule has 0 radical (unpaired) electrons. The number of nitrogens with two attached hydrogens (primary N) is 1. The molecule has 0 aliphatic heterocycles. The molecule has 1 atom stereocenters. The van der Waals surface area contributed by atoms with Gasteiger partial charge in [0, 0.05) is 0 Å². The summed E-state index contributed by atoms with van der Waals surface area (Å²) in [6, 6.07) is 14.8. The van der Waals surface area contributed by atoms with E-state index in [1.165, 1.54) is 0 Å². The van der Waals surface area contributed by atoms with E-state index in [1.807, 2.05) is 55.7 Å². The van der Waals surface area contributed by atoms with E-state index in [-0.39, 0.29) is 11.6 Å². The summed E-state index contributed by atoms with van der Waals surface area (Å²) in [5, 5.41) is 3.14. The third kappa shape index (κ3) is 2.40. The molecule has 0 saturated carbocycles. The van der Waals surface area contributed by atoms with Crippen LogP contribution in [0, 0.1) is 0 Å². The summed E-state index contributed by atoms with van der Waals surface area (Å²) < 4.78 is 1.62. The lowest BCUT2D eigenvalue weighted by Gasteiger charge is -2.17. The van der Waals surface area contributed by atoms with Crippen LogP contribution in [0.2, 0.25) is 5.02 Å². The van der Waals surface area contributed by atoms with Crippen LogP contribution < -0.4 is 10.9 Å². The summed E-state index contributed by atoms with van der Waals surface area (Å²) in [4.78, 5) is 17.7. The quantitative estimate of drug-likeness (QED) is 0.806. The predicted octanol–water partition coefficient (Wildman–Crippen LogP) is 2.29. The highest BCUT2D eigenvalue weighted by Crippen LogP contribution is 2.22. The van der Waals surface area contributed by atoms with Crippen LogP contribution in [-0.2, 0) is 0 Å². The number of hydrogen-bond acceptors (Lipinski definition) is 2. The van der Waals surface area contributed by atoms with Crippen molar-refractivity contribution in [2.45, 2.75) is 13.0 Å². The molecule has 0 aliphatic carbocycles. The molecule has 2 N–H and O–H groups in total. The van der Waals surface area contributed by atoms with Crippen LogP contribution in [0.1, 0.15) is 18.8 Å². The molecular formula is C17H17ClN3O+. The predicted molar refractivity (Wildman–Crippen MR) is 88.6 cm³/mol. The van der Waals surface area contributed by atoms with E-state index < -0.39 is 0 Å². The van der Waals surface area contributed by atoms with Crippen molar-refractivity contribution in [1.82, 2.24) is 9.55 Å². The lowest BCUT2D eigenvalue weighted by atomic mass is 10.2. The number of rotatable bonds is 3. The zero-order valence-corrected chi connectivity index (χ0v) is 13.2. The van der Waals surface area contributed by atoms with Crippen LogP contribution in [-0.4, -0.2) is 16.6 Å². The van der Waals surface area contributed by atoms with E-state index in [4.69, 9.17) is 16.6 Å². The number of aromatic nitrogens is 2. The van der Waals surface area contributed by atoms with Crippen molar-refractivity contribution >= 4 is 22.5 Å². The average molecular weight is 315 g/mol. The fraction of sp³-hybridized carbons (Fsp3) is 0.176. The molecule has 0 amide bonds. The summed E-state index contributed by atoms with van der Waals surface area (Å²) >= 11 is 6.30. The van der Waals surface area contributed by atoms with Gasteiger partial charge in [0.05, 0.1) is 28.7 Å². The number of nitrogens with zero attached hydrogens (tertiary/aromatic N) is 2. The van der Waals surface area contributed by atoms with E-state index in [9.17, 15) is 4.79 Å². The zero-order valence-electron chi connectivity index (χ0n) is 12.5. The number of hydrogen-bond donors (Lipinski definition) is 1. The minimum Gasteiger partial charge on any atom is -0.340 e. The first-order valence-corrected chi connectivity index (χ1v) is 7.57. The van der Waals surface area contributed by atoms with E-state index in [0.717, 1.165) is 0 Å². The van der Waals surface area contributed by atoms with Gasteiger partial charge >= 0.3 is 0 Å². The number of para-hydroxylation sites is 2. The number of benzene rings is 2. The first kappa shape index (κ1) is 14.8. The van der Waals surface area contributed by atoms with Gasteiger partial charge in [-0.2, -0.15) is 0 Å². The van der Waals surface area contributed by atoms with Crippen LogP contribution >= 0.6 is 11.6 Å². The van der Waals surface area contributed by atoms with Crippen molar-refractivity contribution < 1.29 is 5.32 Å². The molecule has 22 heavy (non-hydrogen) atoms. The number of quaternary nitrogens is 1. The highest BCUT2D eigenvalue weighted by atomic mass is 35.5. The Morgan fingerprint density at radius 2 is 1.82 bits per heavy atom. The molecule has 3 aromatic rings. The maximum Gasteiger partial charge on any atom is 0.266 e. The van der Waals surface area contributed by atoms with Gasteiger partial charge in [-0.05, 0) is 31.2 Å². The SMILES string of the molecule is C[NH2+][C@@H](C)c1nc2ccccc2c(=O)n1-c1ccccc1Cl. The van der Waals surface area contributed by atoms with Crippen molar-refractivity contribution in [2.75, 3.05) is 7.05 Å². The van der Waals surface area contributed by atoms with Crippen molar-refractivity contribution in [2.24, 2.45) is 0 Å². The average Bonchev–Trinajstić information content (AvgIpc) is 2.55. The molecular weight excluding hydrogens is 298 g/mol. The molecule has 0 fully saturated rings. The van der Waals surface area contributed by atoms with E-state index in [1.54, 1.807) is 16.7 Å². The largest absolute Gasteiger partial charge is 0.340 e. The Morgan fingerprint density at radius 3 is 2.55 bits per heavy atom. The lowest BCUT2D eigenvalue weighted by molar-refractivity contribution is -0.668. The second kappa shape index (κ2) is 5.91. The van der Waals surface area contributed by atoms with Gasteiger partial charge in [-0.1, -0.05) is 35.9 Å². The van der Waals surface area contributed by atoms with Crippen molar-refractivity contribution in [3.05, 3.63) is 69.7 Å². The highest BCUT2D eigenvalue weighted by Gasteiger charge is 2.19.